The van der Waals surface area contributed by atoms with Gasteiger partial charge in [-0.1, -0.05) is 17.7 Å². The van der Waals surface area contributed by atoms with E-state index in [1.807, 2.05) is 0 Å². The first-order valence-electron chi connectivity index (χ1n) is 5.91. The highest BCUT2D eigenvalue weighted by molar-refractivity contribution is 6.31. The van der Waals surface area contributed by atoms with Crippen LogP contribution in [0.4, 0.5) is 18.9 Å². The normalized spacial score (nSPS) is 11.2. The SMILES string of the molecule is Oc1cccc(Cl)c1CNc1ccc(OC(F)(F)F)cc1. The summed E-state index contributed by atoms with van der Waals surface area (Å²) < 4.78 is 39.8. The number of hydrogen-bond donors (Lipinski definition) is 2. The molecule has 3 nitrogen and oxygen atoms in total. The minimum absolute atomic E-state index is 0.0482. The van der Waals surface area contributed by atoms with E-state index in [2.05, 4.69) is 10.1 Å². The number of ether oxygens (including phenoxy) is 1. The number of aromatic hydroxyl groups is 1. The fourth-order valence-electron chi connectivity index (χ4n) is 1.69. The van der Waals surface area contributed by atoms with Crippen molar-refractivity contribution in [1.82, 2.24) is 0 Å². The highest BCUT2D eigenvalue weighted by atomic mass is 35.5. The third-order valence-corrected chi connectivity index (χ3v) is 3.01. The second kappa shape index (κ2) is 6.13. The molecule has 0 fully saturated rings. The lowest BCUT2D eigenvalue weighted by Crippen LogP contribution is -2.17. The Labute approximate surface area is 123 Å². The molecule has 7 heteroatoms. The second-order valence-electron chi connectivity index (χ2n) is 4.16. The molecule has 0 unspecified atom stereocenters. The molecule has 0 radical (unpaired) electrons. The molecule has 0 amide bonds. The first-order valence-corrected chi connectivity index (χ1v) is 6.29. The van der Waals surface area contributed by atoms with Crippen molar-refractivity contribution in [2.45, 2.75) is 12.9 Å². The Hall–Kier alpha value is -2.08. The minimum Gasteiger partial charge on any atom is -0.508 e. The fourth-order valence-corrected chi connectivity index (χ4v) is 1.92. The number of phenolic OH excluding ortho intramolecular Hbond substituents is 1. The largest absolute Gasteiger partial charge is 0.573 e. The van der Waals surface area contributed by atoms with Crippen LogP contribution in [0.1, 0.15) is 5.56 Å². The van der Waals surface area contributed by atoms with E-state index < -0.39 is 6.36 Å². The van der Waals surface area contributed by atoms with Crippen LogP contribution in [0.3, 0.4) is 0 Å². The molecule has 2 aromatic carbocycles. The average Bonchev–Trinajstić information content (AvgIpc) is 2.38. The highest BCUT2D eigenvalue weighted by Crippen LogP contribution is 2.27. The van der Waals surface area contributed by atoms with Gasteiger partial charge in [-0.2, -0.15) is 0 Å². The molecule has 0 heterocycles. The van der Waals surface area contributed by atoms with Gasteiger partial charge < -0.3 is 15.2 Å². The Morgan fingerprint density at radius 3 is 2.33 bits per heavy atom. The summed E-state index contributed by atoms with van der Waals surface area (Å²) in [5, 5.41) is 13.0. The van der Waals surface area contributed by atoms with E-state index >= 15 is 0 Å². The van der Waals surface area contributed by atoms with Gasteiger partial charge in [0.05, 0.1) is 0 Å². The van der Waals surface area contributed by atoms with E-state index in [0.29, 0.717) is 16.3 Å². The quantitative estimate of drug-likeness (QED) is 0.869. The summed E-state index contributed by atoms with van der Waals surface area (Å²) in [4.78, 5) is 0. The van der Waals surface area contributed by atoms with Crippen LogP contribution in [0, 0.1) is 0 Å². The Morgan fingerprint density at radius 2 is 1.76 bits per heavy atom. The first-order chi connectivity index (χ1) is 9.85. The zero-order chi connectivity index (χ0) is 15.5. The van der Waals surface area contributed by atoms with Crippen LogP contribution in [0.2, 0.25) is 5.02 Å². The number of alkyl halides is 3. The van der Waals surface area contributed by atoms with Crippen LogP contribution in [0.25, 0.3) is 0 Å². The summed E-state index contributed by atoms with van der Waals surface area (Å²) in [6.07, 6.45) is -4.71. The topological polar surface area (TPSA) is 41.5 Å². The molecule has 21 heavy (non-hydrogen) atoms. The van der Waals surface area contributed by atoms with Gasteiger partial charge in [0.2, 0.25) is 0 Å². The van der Waals surface area contributed by atoms with Crippen LogP contribution in [-0.4, -0.2) is 11.5 Å². The molecule has 2 N–H and O–H groups in total. The van der Waals surface area contributed by atoms with Crippen molar-refractivity contribution in [3.05, 3.63) is 53.1 Å². The molecular weight excluding hydrogens is 307 g/mol. The van der Waals surface area contributed by atoms with Crippen molar-refractivity contribution in [3.63, 3.8) is 0 Å². The molecule has 0 saturated carbocycles. The number of halogens is 4. The van der Waals surface area contributed by atoms with Gasteiger partial charge in [0, 0.05) is 22.8 Å². The predicted octanol–water partition coefficient (Wildman–Crippen LogP) is 4.56. The molecule has 0 bridgehead atoms. The third kappa shape index (κ3) is 4.46. The average molecular weight is 318 g/mol. The zero-order valence-electron chi connectivity index (χ0n) is 10.6. The predicted molar refractivity (Wildman–Crippen MR) is 73.6 cm³/mol. The maximum atomic E-state index is 12.0. The molecule has 0 aromatic heterocycles. The molecule has 0 aliphatic heterocycles. The van der Waals surface area contributed by atoms with Crippen LogP contribution >= 0.6 is 11.6 Å². The van der Waals surface area contributed by atoms with Gasteiger partial charge in [0.1, 0.15) is 11.5 Å². The molecule has 0 spiro atoms. The summed E-state index contributed by atoms with van der Waals surface area (Å²) in [5.41, 5.74) is 1.08. The molecule has 2 aromatic rings. The van der Waals surface area contributed by atoms with Crippen LogP contribution in [0.15, 0.2) is 42.5 Å². The number of rotatable bonds is 4. The zero-order valence-corrected chi connectivity index (χ0v) is 11.4. The van der Waals surface area contributed by atoms with E-state index in [-0.39, 0.29) is 18.0 Å². The summed E-state index contributed by atoms with van der Waals surface area (Å²) >= 11 is 5.95. The highest BCUT2D eigenvalue weighted by Gasteiger charge is 2.30. The van der Waals surface area contributed by atoms with E-state index in [4.69, 9.17) is 11.6 Å². The molecule has 0 atom stereocenters. The van der Waals surface area contributed by atoms with Gasteiger partial charge >= 0.3 is 6.36 Å². The molecule has 0 aliphatic rings. The molecule has 112 valence electrons. The van der Waals surface area contributed by atoms with Crippen molar-refractivity contribution in [1.29, 1.82) is 0 Å². The smallest absolute Gasteiger partial charge is 0.508 e. The lowest BCUT2D eigenvalue weighted by atomic mass is 10.2. The maximum absolute atomic E-state index is 12.0. The van der Waals surface area contributed by atoms with Crippen LogP contribution in [0.5, 0.6) is 11.5 Å². The second-order valence-corrected chi connectivity index (χ2v) is 4.57. The number of anilines is 1. The summed E-state index contributed by atoms with van der Waals surface area (Å²) in [5.74, 6) is -0.249. The minimum atomic E-state index is -4.71. The number of nitrogens with one attached hydrogen (secondary N) is 1. The monoisotopic (exact) mass is 317 g/mol. The maximum Gasteiger partial charge on any atom is 0.573 e. The molecule has 2 rings (SSSR count). The van der Waals surface area contributed by atoms with Gasteiger partial charge in [-0.05, 0) is 36.4 Å². The lowest BCUT2D eigenvalue weighted by molar-refractivity contribution is -0.274. The number of benzene rings is 2. The Morgan fingerprint density at radius 1 is 1.10 bits per heavy atom. The Kier molecular flexibility index (Phi) is 4.47. The van der Waals surface area contributed by atoms with Gasteiger partial charge in [0.15, 0.2) is 0 Å². The molecule has 0 aliphatic carbocycles. The standard InChI is InChI=1S/C14H11ClF3NO2/c15-12-2-1-3-13(20)11(12)8-19-9-4-6-10(7-5-9)21-14(16,17)18/h1-7,19-20H,8H2. The fraction of sp³-hybridized carbons (Fsp3) is 0.143. The Bertz CT molecular complexity index is 594. The van der Waals surface area contributed by atoms with Crippen molar-refractivity contribution >= 4 is 17.3 Å². The number of hydrogen-bond acceptors (Lipinski definition) is 3. The summed E-state index contributed by atoms with van der Waals surface area (Å²) in [7, 11) is 0. The van der Waals surface area contributed by atoms with Crippen molar-refractivity contribution in [2.75, 3.05) is 5.32 Å². The first kappa shape index (κ1) is 15.3. The molecular formula is C14H11ClF3NO2. The van der Waals surface area contributed by atoms with E-state index in [1.165, 1.54) is 30.3 Å². The van der Waals surface area contributed by atoms with Gasteiger partial charge in [-0.3, -0.25) is 0 Å². The van der Waals surface area contributed by atoms with E-state index in [0.717, 1.165) is 0 Å². The van der Waals surface area contributed by atoms with Crippen LogP contribution < -0.4 is 10.1 Å². The summed E-state index contributed by atoms with van der Waals surface area (Å²) in [6, 6.07) is 10.0. The lowest BCUT2D eigenvalue weighted by Gasteiger charge is -2.11. The van der Waals surface area contributed by atoms with Crippen LogP contribution in [-0.2, 0) is 6.54 Å². The number of phenols is 1. The van der Waals surface area contributed by atoms with Crippen molar-refractivity contribution in [2.24, 2.45) is 0 Å². The Balaban J connectivity index is 2.01. The van der Waals surface area contributed by atoms with Gasteiger partial charge in [-0.15, -0.1) is 13.2 Å². The van der Waals surface area contributed by atoms with Gasteiger partial charge in [-0.25, -0.2) is 0 Å². The van der Waals surface area contributed by atoms with Crippen molar-refractivity contribution < 1.29 is 23.0 Å². The van der Waals surface area contributed by atoms with E-state index in [1.54, 1.807) is 12.1 Å². The third-order valence-electron chi connectivity index (χ3n) is 2.65. The summed E-state index contributed by atoms with van der Waals surface area (Å²) in [6.45, 7) is 0.241. The van der Waals surface area contributed by atoms with Gasteiger partial charge in [0.25, 0.3) is 0 Å². The molecule has 0 saturated heterocycles. The van der Waals surface area contributed by atoms with E-state index in [9.17, 15) is 18.3 Å². The van der Waals surface area contributed by atoms with Crippen molar-refractivity contribution in [3.8, 4) is 11.5 Å².